The van der Waals surface area contributed by atoms with E-state index >= 15 is 0 Å². The van der Waals surface area contributed by atoms with E-state index in [9.17, 15) is 9.18 Å². The Bertz CT molecular complexity index is 357. The topological polar surface area (TPSA) is 90.4 Å². The monoisotopic (exact) mass is 213 g/mol. The van der Waals surface area contributed by atoms with Crippen LogP contribution in [0.3, 0.4) is 0 Å². The number of primary amides is 1. The molecule has 0 heterocycles. The van der Waals surface area contributed by atoms with E-state index in [-0.39, 0.29) is 13.0 Å². The molecule has 15 heavy (non-hydrogen) atoms. The number of carbonyl (C=O) groups excluding carboxylic acids is 1. The van der Waals surface area contributed by atoms with Gasteiger partial charge in [-0.3, -0.25) is 5.84 Å². The van der Waals surface area contributed by atoms with E-state index in [1.165, 1.54) is 6.07 Å². The summed E-state index contributed by atoms with van der Waals surface area (Å²) in [5, 5.41) is 0. The number of nitrogens with one attached hydrogen (secondary N) is 1. The Hall–Kier alpha value is -1.82. The summed E-state index contributed by atoms with van der Waals surface area (Å²) >= 11 is 0. The first-order valence-electron chi connectivity index (χ1n) is 4.30. The van der Waals surface area contributed by atoms with Gasteiger partial charge in [-0.15, -0.1) is 0 Å². The lowest BCUT2D eigenvalue weighted by Gasteiger charge is -2.05. The molecule has 0 saturated heterocycles. The molecule has 0 fully saturated rings. The normalized spacial score (nSPS) is 9.73. The van der Waals surface area contributed by atoms with Gasteiger partial charge in [-0.2, -0.15) is 0 Å². The van der Waals surface area contributed by atoms with Gasteiger partial charge in [0, 0.05) is 6.42 Å². The standard InChI is InChI=1S/C9H12FN3O2/c10-8-5-7(13-12)2-1-6(8)3-4-15-9(11)14/h1-2,5,13H,3-4,12H2,(H2,11,14). The fourth-order valence-electron chi connectivity index (χ4n) is 1.10. The van der Waals surface area contributed by atoms with Crippen molar-refractivity contribution in [3.63, 3.8) is 0 Å². The zero-order valence-corrected chi connectivity index (χ0v) is 8.00. The van der Waals surface area contributed by atoms with Gasteiger partial charge in [0.25, 0.3) is 0 Å². The van der Waals surface area contributed by atoms with Crippen LogP contribution in [0.4, 0.5) is 14.9 Å². The third-order valence-corrected chi connectivity index (χ3v) is 1.84. The first kappa shape index (κ1) is 11.3. The molecule has 1 aromatic rings. The van der Waals surface area contributed by atoms with E-state index in [1.807, 2.05) is 0 Å². The predicted octanol–water partition coefficient (Wildman–Crippen LogP) is 0.749. The Morgan fingerprint density at radius 2 is 2.27 bits per heavy atom. The van der Waals surface area contributed by atoms with Crippen molar-refractivity contribution in [1.82, 2.24) is 0 Å². The predicted molar refractivity (Wildman–Crippen MR) is 53.4 cm³/mol. The van der Waals surface area contributed by atoms with Crippen molar-refractivity contribution in [3.05, 3.63) is 29.6 Å². The van der Waals surface area contributed by atoms with Crippen molar-refractivity contribution in [3.8, 4) is 0 Å². The fourth-order valence-corrected chi connectivity index (χ4v) is 1.10. The number of hydrogen-bond acceptors (Lipinski definition) is 4. The van der Waals surface area contributed by atoms with Crippen LogP contribution >= 0.6 is 0 Å². The van der Waals surface area contributed by atoms with Gasteiger partial charge >= 0.3 is 6.09 Å². The van der Waals surface area contributed by atoms with Crippen molar-refractivity contribution >= 4 is 11.8 Å². The molecule has 1 aromatic carbocycles. The van der Waals surface area contributed by atoms with Crippen LogP contribution in [0.5, 0.6) is 0 Å². The maximum absolute atomic E-state index is 13.3. The van der Waals surface area contributed by atoms with Crippen molar-refractivity contribution in [1.29, 1.82) is 0 Å². The molecule has 5 nitrogen and oxygen atoms in total. The molecule has 0 saturated carbocycles. The third kappa shape index (κ3) is 3.43. The van der Waals surface area contributed by atoms with Crippen LogP contribution in [0.15, 0.2) is 18.2 Å². The molecule has 5 N–H and O–H groups in total. The van der Waals surface area contributed by atoms with Gasteiger partial charge in [0.1, 0.15) is 5.82 Å². The zero-order valence-electron chi connectivity index (χ0n) is 8.00. The van der Waals surface area contributed by atoms with Gasteiger partial charge in [0.2, 0.25) is 0 Å². The van der Waals surface area contributed by atoms with Crippen molar-refractivity contribution in [2.45, 2.75) is 6.42 Å². The molecule has 0 radical (unpaired) electrons. The fraction of sp³-hybridized carbons (Fsp3) is 0.222. The smallest absolute Gasteiger partial charge is 0.404 e. The summed E-state index contributed by atoms with van der Waals surface area (Å²) in [6.45, 7) is 0.0572. The lowest BCUT2D eigenvalue weighted by molar-refractivity contribution is 0.158. The number of benzene rings is 1. The Kier molecular flexibility index (Phi) is 3.87. The lowest BCUT2D eigenvalue weighted by atomic mass is 10.1. The Morgan fingerprint density at radius 3 is 2.80 bits per heavy atom. The molecule has 0 unspecified atom stereocenters. The minimum atomic E-state index is -0.865. The molecule has 0 aliphatic heterocycles. The highest BCUT2D eigenvalue weighted by Gasteiger charge is 2.04. The average Bonchev–Trinajstić information content (AvgIpc) is 2.20. The second kappa shape index (κ2) is 5.16. The first-order valence-corrected chi connectivity index (χ1v) is 4.30. The van der Waals surface area contributed by atoms with Gasteiger partial charge in [0.15, 0.2) is 0 Å². The minimum absolute atomic E-state index is 0.0572. The van der Waals surface area contributed by atoms with E-state index in [1.54, 1.807) is 12.1 Å². The molecule has 0 aliphatic rings. The van der Waals surface area contributed by atoms with E-state index in [4.69, 9.17) is 11.6 Å². The van der Waals surface area contributed by atoms with E-state index in [0.29, 0.717) is 11.3 Å². The van der Waals surface area contributed by atoms with Crippen LogP contribution < -0.4 is 17.0 Å². The molecule has 6 heteroatoms. The molecule has 0 spiro atoms. The van der Waals surface area contributed by atoms with E-state index < -0.39 is 11.9 Å². The quantitative estimate of drug-likeness (QED) is 0.508. The lowest BCUT2D eigenvalue weighted by Crippen LogP contribution is -2.15. The number of hydrazine groups is 1. The number of anilines is 1. The summed E-state index contributed by atoms with van der Waals surface area (Å²) in [7, 11) is 0. The molecule has 82 valence electrons. The molecular formula is C9H12FN3O2. The highest BCUT2D eigenvalue weighted by atomic mass is 19.1. The summed E-state index contributed by atoms with van der Waals surface area (Å²) < 4.78 is 17.8. The maximum Gasteiger partial charge on any atom is 0.404 e. The molecule has 0 aromatic heterocycles. The second-order valence-corrected chi connectivity index (χ2v) is 2.87. The Balaban J connectivity index is 2.58. The molecule has 1 rings (SSSR count). The zero-order chi connectivity index (χ0) is 11.3. The van der Waals surface area contributed by atoms with Gasteiger partial charge in [-0.1, -0.05) is 6.07 Å². The molecule has 0 aliphatic carbocycles. The number of halogens is 1. The van der Waals surface area contributed by atoms with Crippen molar-refractivity contribution in [2.75, 3.05) is 12.0 Å². The average molecular weight is 213 g/mol. The van der Waals surface area contributed by atoms with Crippen molar-refractivity contribution in [2.24, 2.45) is 11.6 Å². The highest BCUT2D eigenvalue weighted by molar-refractivity contribution is 5.64. The summed E-state index contributed by atoms with van der Waals surface area (Å²) in [5.74, 6) is 4.70. The summed E-state index contributed by atoms with van der Waals surface area (Å²) in [4.78, 5) is 10.3. The first-order chi connectivity index (χ1) is 7.13. The van der Waals surface area contributed by atoms with Crippen LogP contribution in [-0.2, 0) is 11.2 Å². The van der Waals surface area contributed by atoms with E-state index in [2.05, 4.69) is 10.2 Å². The number of rotatable bonds is 4. The number of nitrogens with two attached hydrogens (primary N) is 2. The molecule has 0 atom stereocenters. The minimum Gasteiger partial charge on any atom is -0.449 e. The number of amides is 1. The van der Waals surface area contributed by atoms with Gasteiger partial charge in [-0.05, 0) is 17.7 Å². The van der Waals surface area contributed by atoms with Gasteiger partial charge in [0.05, 0.1) is 12.3 Å². The van der Waals surface area contributed by atoms with Crippen LogP contribution in [-0.4, -0.2) is 12.7 Å². The summed E-state index contributed by atoms with van der Waals surface area (Å²) in [6, 6.07) is 4.46. The molecule has 0 bridgehead atoms. The number of ether oxygens (including phenoxy) is 1. The second-order valence-electron chi connectivity index (χ2n) is 2.87. The van der Waals surface area contributed by atoms with E-state index in [0.717, 1.165) is 0 Å². The number of hydrogen-bond donors (Lipinski definition) is 3. The van der Waals surface area contributed by atoms with Crippen LogP contribution in [0.25, 0.3) is 0 Å². The van der Waals surface area contributed by atoms with Crippen molar-refractivity contribution < 1.29 is 13.9 Å². The molecular weight excluding hydrogens is 201 g/mol. The Morgan fingerprint density at radius 1 is 1.53 bits per heavy atom. The summed E-state index contributed by atoms with van der Waals surface area (Å²) in [5.41, 5.74) is 8.00. The van der Waals surface area contributed by atoms with Crippen LogP contribution in [0.1, 0.15) is 5.56 Å². The van der Waals surface area contributed by atoms with Gasteiger partial charge < -0.3 is 15.9 Å². The molecule has 1 amide bonds. The highest BCUT2D eigenvalue weighted by Crippen LogP contribution is 2.14. The van der Waals surface area contributed by atoms with Crippen LogP contribution in [0, 0.1) is 5.82 Å². The summed E-state index contributed by atoms with van der Waals surface area (Å²) in [6.07, 6.45) is -0.588. The largest absolute Gasteiger partial charge is 0.449 e. The number of carbonyl (C=O) groups is 1. The number of nitrogen functional groups attached to an aromatic ring is 1. The van der Waals surface area contributed by atoms with Gasteiger partial charge in [-0.25, -0.2) is 9.18 Å². The maximum atomic E-state index is 13.3. The Labute approximate surface area is 86.2 Å². The third-order valence-electron chi connectivity index (χ3n) is 1.84. The SMILES string of the molecule is NNc1ccc(CCOC(N)=O)c(F)c1. The van der Waals surface area contributed by atoms with Crippen LogP contribution in [0.2, 0.25) is 0 Å².